The number of aryl methyl sites for hydroxylation is 1. The van der Waals surface area contributed by atoms with Crippen molar-refractivity contribution in [3.05, 3.63) is 35.4 Å². The fraction of sp³-hybridized carbons (Fsp3) is 0.538. The average Bonchev–Trinajstić information content (AvgIpc) is 2.28. The fourth-order valence-electron chi connectivity index (χ4n) is 2.33. The van der Waals surface area contributed by atoms with Gasteiger partial charge in [0.1, 0.15) is 0 Å². The molecular formula is C13H20N2O2S. The van der Waals surface area contributed by atoms with E-state index < -0.39 is 10.0 Å². The second kappa shape index (κ2) is 5.38. The minimum Gasteiger partial charge on any atom is -0.327 e. The zero-order valence-corrected chi connectivity index (χ0v) is 11.5. The molecule has 1 fully saturated rings. The van der Waals surface area contributed by atoms with Crippen LogP contribution in [0.5, 0.6) is 0 Å². The van der Waals surface area contributed by atoms with Crippen molar-refractivity contribution in [2.75, 3.05) is 13.1 Å². The summed E-state index contributed by atoms with van der Waals surface area (Å²) in [7, 11) is -3.23. The standard InChI is InChI=1S/C13H20N2O2S/c1-11-4-2-5-12(8-11)10-18(16,17)15-7-3-6-13(14)9-15/h2,4-5,8,13H,3,6-7,9-10,14H2,1H3/t13-/m1/s1. The first-order chi connectivity index (χ1) is 8.47. The molecule has 1 aliphatic heterocycles. The normalized spacial score (nSPS) is 22.0. The number of nitrogens with two attached hydrogens (primary N) is 1. The van der Waals surface area contributed by atoms with Crippen molar-refractivity contribution in [1.29, 1.82) is 0 Å². The molecule has 18 heavy (non-hydrogen) atoms. The van der Waals surface area contributed by atoms with E-state index in [-0.39, 0.29) is 11.8 Å². The van der Waals surface area contributed by atoms with Gasteiger partial charge in [-0.2, -0.15) is 0 Å². The van der Waals surface area contributed by atoms with Gasteiger partial charge in [-0.25, -0.2) is 12.7 Å². The first kappa shape index (κ1) is 13.5. The number of hydrogen-bond donors (Lipinski definition) is 1. The van der Waals surface area contributed by atoms with Crippen molar-refractivity contribution in [2.45, 2.75) is 31.6 Å². The molecule has 1 heterocycles. The van der Waals surface area contributed by atoms with Gasteiger partial charge in [-0.15, -0.1) is 0 Å². The number of sulfonamides is 1. The first-order valence-corrected chi connectivity index (χ1v) is 7.87. The van der Waals surface area contributed by atoms with E-state index in [2.05, 4.69) is 0 Å². The van der Waals surface area contributed by atoms with Gasteiger partial charge in [-0.05, 0) is 25.3 Å². The predicted molar refractivity (Wildman–Crippen MR) is 72.6 cm³/mol. The van der Waals surface area contributed by atoms with Crippen LogP contribution in [-0.4, -0.2) is 31.9 Å². The molecule has 0 bridgehead atoms. The smallest absolute Gasteiger partial charge is 0.218 e. The summed E-state index contributed by atoms with van der Waals surface area (Å²) in [4.78, 5) is 0. The highest BCUT2D eigenvalue weighted by Gasteiger charge is 2.27. The number of nitrogens with zero attached hydrogens (tertiary/aromatic N) is 1. The highest BCUT2D eigenvalue weighted by molar-refractivity contribution is 7.88. The molecular weight excluding hydrogens is 248 g/mol. The Morgan fingerprint density at radius 1 is 1.44 bits per heavy atom. The van der Waals surface area contributed by atoms with E-state index >= 15 is 0 Å². The summed E-state index contributed by atoms with van der Waals surface area (Å²) in [5.74, 6) is 0.0708. The lowest BCUT2D eigenvalue weighted by Crippen LogP contribution is -2.46. The molecule has 1 aromatic rings. The van der Waals surface area contributed by atoms with Gasteiger partial charge in [0, 0.05) is 19.1 Å². The average molecular weight is 268 g/mol. The first-order valence-electron chi connectivity index (χ1n) is 6.26. The molecule has 0 aromatic heterocycles. The van der Waals surface area contributed by atoms with E-state index in [1.165, 1.54) is 4.31 Å². The van der Waals surface area contributed by atoms with Gasteiger partial charge in [0.2, 0.25) is 10.0 Å². The molecule has 0 spiro atoms. The monoisotopic (exact) mass is 268 g/mol. The number of piperidine rings is 1. The highest BCUT2D eigenvalue weighted by atomic mass is 32.2. The third-order valence-corrected chi connectivity index (χ3v) is 5.06. The number of benzene rings is 1. The summed E-state index contributed by atoms with van der Waals surface area (Å²) in [5, 5.41) is 0. The second-order valence-corrected chi connectivity index (χ2v) is 6.97. The Balaban J connectivity index is 2.11. The Labute approximate surface area is 109 Å². The Morgan fingerprint density at radius 2 is 2.22 bits per heavy atom. The Kier molecular flexibility index (Phi) is 4.04. The van der Waals surface area contributed by atoms with Crippen LogP contribution in [0, 0.1) is 6.92 Å². The van der Waals surface area contributed by atoms with Gasteiger partial charge in [-0.3, -0.25) is 0 Å². The van der Waals surface area contributed by atoms with E-state index in [1.54, 1.807) is 0 Å². The third-order valence-electron chi connectivity index (χ3n) is 3.25. The lowest BCUT2D eigenvalue weighted by molar-refractivity contribution is 0.316. The lowest BCUT2D eigenvalue weighted by Gasteiger charge is -2.29. The minimum atomic E-state index is -3.23. The number of rotatable bonds is 3. The quantitative estimate of drug-likeness (QED) is 0.897. The van der Waals surface area contributed by atoms with Crippen molar-refractivity contribution >= 4 is 10.0 Å². The van der Waals surface area contributed by atoms with E-state index in [0.717, 1.165) is 24.0 Å². The third kappa shape index (κ3) is 3.31. The van der Waals surface area contributed by atoms with Gasteiger partial charge in [0.15, 0.2) is 0 Å². The molecule has 5 heteroatoms. The van der Waals surface area contributed by atoms with Gasteiger partial charge >= 0.3 is 0 Å². The molecule has 1 aromatic carbocycles. The molecule has 1 atom stereocenters. The van der Waals surface area contributed by atoms with Crippen LogP contribution in [0.1, 0.15) is 24.0 Å². The van der Waals surface area contributed by atoms with E-state index in [1.807, 2.05) is 31.2 Å². The van der Waals surface area contributed by atoms with E-state index in [4.69, 9.17) is 5.73 Å². The van der Waals surface area contributed by atoms with Crippen LogP contribution in [0.25, 0.3) is 0 Å². The van der Waals surface area contributed by atoms with Crippen molar-refractivity contribution in [3.8, 4) is 0 Å². The van der Waals surface area contributed by atoms with Crippen LogP contribution in [-0.2, 0) is 15.8 Å². The minimum absolute atomic E-state index is 0.0222. The zero-order chi connectivity index (χ0) is 13.2. The van der Waals surface area contributed by atoms with Crippen LogP contribution < -0.4 is 5.73 Å². The Hall–Kier alpha value is -0.910. The molecule has 0 amide bonds. The largest absolute Gasteiger partial charge is 0.327 e. The zero-order valence-electron chi connectivity index (χ0n) is 10.7. The van der Waals surface area contributed by atoms with Crippen molar-refractivity contribution in [2.24, 2.45) is 5.73 Å². The molecule has 1 saturated heterocycles. The van der Waals surface area contributed by atoms with Gasteiger partial charge in [-0.1, -0.05) is 29.8 Å². The fourth-order valence-corrected chi connectivity index (χ4v) is 3.94. The maximum Gasteiger partial charge on any atom is 0.218 e. The van der Waals surface area contributed by atoms with Crippen LogP contribution >= 0.6 is 0 Å². The molecule has 4 nitrogen and oxygen atoms in total. The van der Waals surface area contributed by atoms with Gasteiger partial charge < -0.3 is 5.73 Å². The Morgan fingerprint density at radius 3 is 2.89 bits per heavy atom. The molecule has 1 aliphatic rings. The summed E-state index contributed by atoms with van der Waals surface area (Å²) in [6.45, 7) is 3.02. The number of hydrogen-bond acceptors (Lipinski definition) is 3. The van der Waals surface area contributed by atoms with Crippen LogP contribution in [0.15, 0.2) is 24.3 Å². The molecule has 100 valence electrons. The molecule has 0 radical (unpaired) electrons. The topological polar surface area (TPSA) is 63.4 Å². The second-order valence-electron chi connectivity index (χ2n) is 5.01. The molecule has 0 saturated carbocycles. The maximum absolute atomic E-state index is 12.3. The molecule has 2 N–H and O–H groups in total. The summed E-state index contributed by atoms with van der Waals surface area (Å²) in [6.07, 6.45) is 1.77. The predicted octanol–water partition coefficient (Wildman–Crippen LogP) is 1.25. The van der Waals surface area contributed by atoms with Crippen molar-refractivity contribution < 1.29 is 8.42 Å². The Bertz CT molecular complexity index is 513. The summed E-state index contributed by atoms with van der Waals surface area (Å²) < 4.78 is 26.1. The van der Waals surface area contributed by atoms with Crippen LogP contribution in [0.2, 0.25) is 0 Å². The molecule has 0 unspecified atom stereocenters. The molecule has 0 aliphatic carbocycles. The van der Waals surface area contributed by atoms with Crippen LogP contribution in [0.3, 0.4) is 0 Å². The van der Waals surface area contributed by atoms with Crippen molar-refractivity contribution in [1.82, 2.24) is 4.31 Å². The van der Waals surface area contributed by atoms with Gasteiger partial charge in [0.05, 0.1) is 5.75 Å². The lowest BCUT2D eigenvalue weighted by atomic mass is 10.1. The summed E-state index contributed by atoms with van der Waals surface area (Å²) in [5.41, 5.74) is 7.76. The maximum atomic E-state index is 12.3. The van der Waals surface area contributed by atoms with Crippen molar-refractivity contribution in [3.63, 3.8) is 0 Å². The van der Waals surface area contributed by atoms with Crippen LogP contribution in [0.4, 0.5) is 0 Å². The SMILES string of the molecule is Cc1cccc(CS(=O)(=O)N2CCC[C@@H](N)C2)c1. The van der Waals surface area contributed by atoms with E-state index in [0.29, 0.717) is 13.1 Å². The summed E-state index contributed by atoms with van der Waals surface area (Å²) >= 11 is 0. The highest BCUT2D eigenvalue weighted by Crippen LogP contribution is 2.17. The summed E-state index contributed by atoms with van der Waals surface area (Å²) in [6, 6.07) is 7.61. The van der Waals surface area contributed by atoms with E-state index in [9.17, 15) is 8.42 Å². The van der Waals surface area contributed by atoms with Gasteiger partial charge in [0.25, 0.3) is 0 Å². The molecule has 2 rings (SSSR count).